The molecule has 3 rings (SSSR count). The number of nitrogens with zero attached hydrogens (tertiary/aromatic N) is 3. The lowest BCUT2D eigenvalue weighted by molar-refractivity contribution is 0.102. The van der Waals surface area contributed by atoms with Crippen LogP contribution in [0.2, 0.25) is 0 Å². The summed E-state index contributed by atoms with van der Waals surface area (Å²) >= 11 is 0. The zero-order chi connectivity index (χ0) is 21.4. The van der Waals surface area contributed by atoms with Gasteiger partial charge in [0.2, 0.25) is 10.0 Å². The van der Waals surface area contributed by atoms with Crippen molar-refractivity contribution in [1.29, 1.82) is 0 Å². The van der Waals surface area contributed by atoms with Crippen molar-refractivity contribution in [3.05, 3.63) is 77.5 Å². The van der Waals surface area contributed by atoms with E-state index in [1.807, 2.05) is 18.2 Å². The first-order valence-corrected chi connectivity index (χ1v) is 10.6. The summed E-state index contributed by atoms with van der Waals surface area (Å²) in [4.78, 5) is 12.3. The lowest BCUT2D eigenvalue weighted by Crippen LogP contribution is -2.25. The maximum atomic E-state index is 12.3. The van der Waals surface area contributed by atoms with Gasteiger partial charge in [0.05, 0.1) is 25.5 Å². The van der Waals surface area contributed by atoms with Crippen molar-refractivity contribution < 1.29 is 17.9 Å². The lowest BCUT2D eigenvalue weighted by Gasteiger charge is -2.08. The standard InChI is InChI=1S/C20H21N5O4S/c1-29-19-10-6-5-9-17(19)22-20(26)18-15-25(24-23-18)13-12-21-30(27,28)14-11-16-7-3-2-4-8-16/h2-11,14-15,21H,12-13H2,1H3,(H,22,26)/b14-11+. The molecule has 0 spiro atoms. The zero-order valence-corrected chi connectivity index (χ0v) is 17.0. The van der Waals surface area contributed by atoms with Crippen molar-refractivity contribution in [1.82, 2.24) is 19.7 Å². The first kappa shape index (κ1) is 21.2. The van der Waals surface area contributed by atoms with Crippen LogP contribution >= 0.6 is 0 Å². The van der Waals surface area contributed by atoms with Gasteiger partial charge < -0.3 is 10.1 Å². The van der Waals surface area contributed by atoms with E-state index in [0.29, 0.717) is 11.4 Å². The molecule has 0 unspecified atom stereocenters. The molecule has 0 radical (unpaired) electrons. The molecule has 1 heterocycles. The number of ether oxygens (including phenoxy) is 1. The molecule has 0 atom stereocenters. The first-order valence-electron chi connectivity index (χ1n) is 9.04. The topological polar surface area (TPSA) is 115 Å². The van der Waals surface area contributed by atoms with Crippen LogP contribution in [0.5, 0.6) is 5.75 Å². The molecule has 0 aliphatic rings. The second kappa shape index (κ2) is 9.81. The highest BCUT2D eigenvalue weighted by Crippen LogP contribution is 2.23. The molecule has 1 aromatic heterocycles. The summed E-state index contributed by atoms with van der Waals surface area (Å²) in [6.07, 6.45) is 2.96. The second-order valence-corrected chi connectivity index (χ2v) is 7.82. The Bertz CT molecular complexity index is 1130. The number of anilines is 1. The van der Waals surface area contributed by atoms with Crippen LogP contribution in [0.1, 0.15) is 16.1 Å². The quantitative estimate of drug-likeness (QED) is 0.541. The molecular formula is C20H21N5O4S. The number of methoxy groups -OCH3 is 1. The molecular weight excluding hydrogens is 406 g/mol. The van der Waals surface area contributed by atoms with E-state index in [1.165, 1.54) is 24.1 Å². The fourth-order valence-electron chi connectivity index (χ4n) is 2.53. The summed E-state index contributed by atoms with van der Waals surface area (Å²) in [6, 6.07) is 16.1. The molecule has 30 heavy (non-hydrogen) atoms. The number of sulfonamides is 1. The summed E-state index contributed by atoms with van der Waals surface area (Å²) in [5, 5.41) is 11.5. The zero-order valence-electron chi connectivity index (χ0n) is 16.2. The average molecular weight is 427 g/mol. The molecule has 9 nitrogen and oxygen atoms in total. The van der Waals surface area contributed by atoms with Gasteiger partial charge in [0.1, 0.15) is 5.75 Å². The monoisotopic (exact) mass is 427 g/mol. The van der Waals surface area contributed by atoms with Gasteiger partial charge in [0, 0.05) is 12.0 Å². The maximum Gasteiger partial charge on any atom is 0.277 e. The third-order valence-electron chi connectivity index (χ3n) is 4.01. The molecule has 1 amide bonds. The van der Waals surface area contributed by atoms with Gasteiger partial charge in [0.25, 0.3) is 5.91 Å². The highest BCUT2D eigenvalue weighted by atomic mass is 32.2. The SMILES string of the molecule is COc1ccccc1NC(=O)c1cn(CCNS(=O)(=O)/C=C/c2ccccc2)nn1. The maximum absolute atomic E-state index is 12.3. The predicted octanol–water partition coefficient (Wildman–Crippen LogP) is 2.13. The van der Waals surface area contributed by atoms with Crippen LogP contribution in [0.4, 0.5) is 5.69 Å². The van der Waals surface area contributed by atoms with Gasteiger partial charge in [-0.1, -0.05) is 47.7 Å². The largest absolute Gasteiger partial charge is 0.495 e. The van der Waals surface area contributed by atoms with Gasteiger partial charge in [-0.25, -0.2) is 13.1 Å². The molecule has 0 aliphatic carbocycles. The van der Waals surface area contributed by atoms with Crippen LogP contribution in [0.3, 0.4) is 0 Å². The summed E-state index contributed by atoms with van der Waals surface area (Å²) < 4.78 is 33.1. The Morgan fingerprint density at radius 2 is 1.87 bits per heavy atom. The highest BCUT2D eigenvalue weighted by Gasteiger charge is 2.13. The normalized spacial score (nSPS) is 11.5. The Labute approximate surface area is 174 Å². The molecule has 156 valence electrons. The van der Waals surface area contributed by atoms with Gasteiger partial charge in [-0.15, -0.1) is 5.10 Å². The minimum Gasteiger partial charge on any atom is -0.495 e. The summed E-state index contributed by atoms with van der Waals surface area (Å²) in [5.41, 5.74) is 1.40. The van der Waals surface area contributed by atoms with Crippen molar-refractivity contribution in [2.24, 2.45) is 0 Å². The third-order valence-corrected chi connectivity index (χ3v) is 5.11. The minimum atomic E-state index is -3.59. The van der Waals surface area contributed by atoms with Crippen molar-refractivity contribution in [2.45, 2.75) is 6.54 Å². The third kappa shape index (κ3) is 6.00. The van der Waals surface area contributed by atoms with Crippen molar-refractivity contribution >= 4 is 27.7 Å². The highest BCUT2D eigenvalue weighted by molar-refractivity contribution is 7.92. The first-order chi connectivity index (χ1) is 14.5. The molecule has 0 fully saturated rings. The fourth-order valence-corrected chi connectivity index (χ4v) is 3.34. The average Bonchev–Trinajstić information content (AvgIpc) is 3.22. The number of hydrogen-bond donors (Lipinski definition) is 2. The Morgan fingerprint density at radius 1 is 1.13 bits per heavy atom. The van der Waals surface area contributed by atoms with Gasteiger partial charge in [-0.3, -0.25) is 9.48 Å². The molecule has 2 N–H and O–H groups in total. The number of rotatable bonds is 9. The van der Waals surface area contributed by atoms with Crippen LogP contribution in [0.15, 0.2) is 66.2 Å². The van der Waals surface area contributed by atoms with Crippen LogP contribution in [-0.2, 0) is 16.6 Å². The molecule has 0 aliphatic heterocycles. The molecule has 2 aromatic carbocycles. The molecule has 0 saturated heterocycles. The Morgan fingerprint density at radius 3 is 2.63 bits per heavy atom. The van der Waals surface area contributed by atoms with E-state index in [4.69, 9.17) is 4.74 Å². The fraction of sp³-hybridized carbons (Fsp3) is 0.150. The van der Waals surface area contributed by atoms with E-state index in [-0.39, 0.29) is 18.8 Å². The van der Waals surface area contributed by atoms with Crippen LogP contribution in [-0.4, -0.2) is 43.0 Å². The number of nitrogens with one attached hydrogen (secondary N) is 2. The summed E-state index contributed by atoms with van der Waals surface area (Å²) in [5.74, 6) is 0.0772. The van der Waals surface area contributed by atoms with Gasteiger partial charge in [-0.2, -0.15) is 0 Å². The van der Waals surface area contributed by atoms with Gasteiger partial charge >= 0.3 is 0 Å². The van der Waals surface area contributed by atoms with Gasteiger partial charge in [0.15, 0.2) is 5.69 Å². The molecule has 10 heteroatoms. The number of hydrogen-bond acceptors (Lipinski definition) is 6. The van der Waals surface area contributed by atoms with Crippen molar-refractivity contribution in [3.8, 4) is 5.75 Å². The van der Waals surface area contributed by atoms with E-state index in [2.05, 4.69) is 20.4 Å². The number of carbonyl (C=O) groups is 1. The van der Waals surface area contributed by atoms with Crippen LogP contribution < -0.4 is 14.8 Å². The number of amides is 1. The van der Waals surface area contributed by atoms with Crippen LogP contribution in [0.25, 0.3) is 6.08 Å². The van der Waals surface area contributed by atoms with Crippen molar-refractivity contribution in [2.75, 3.05) is 19.0 Å². The number of aromatic nitrogens is 3. The lowest BCUT2D eigenvalue weighted by atomic mass is 10.2. The molecule has 0 saturated carbocycles. The number of carbonyl (C=O) groups excluding carboxylic acids is 1. The van der Waals surface area contributed by atoms with E-state index in [9.17, 15) is 13.2 Å². The molecule has 3 aromatic rings. The van der Waals surface area contributed by atoms with Gasteiger partial charge in [-0.05, 0) is 23.8 Å². The summed E-state index contributed by atoms with van der Waals surface area (Å²) in [6.45, 7) is 0.311. The van der Waals surface area contributed by atoms with E-state index < -0.39 is 15.9 Å². The summed E-state index contributed by atoms with van der Waals surface area (Å²) in [7, 11) is -2.08. The Balaban J connectivity index is 1.53. The van der Waals surface area contributed by atoms with E-state index in [1.54, 1.807) is 36.4 Å². The predicted molar refractivity (Wildman–Crippen MR) is 113 cm³/mol. The van der Waals surface area contributed by atoms with E-state index in [0.717, 1.165) is 11.0 Å². The Kier molecular flexibility index (Phi) is 6.94. The number of benzene rings is 2. The smallest absolute Gasteiger partial charge is 0.277 e. The second-order valence-electron chi connectivity index (χ2n) is 6.17. The van der Waals surface area contributed by atoms with Crippen LogP contribution in [0, 0.1) is 0 Å². The van der Waals surface area contributed by atoms with E-state index >= 15 is 0 Å². The molecule has 0 bridgehead atoms. The number of para-hydroxylation sites is 2. The van der Waals surface area contributed by atoms with Crippen molar-refractivity contribution in [3.63, 3.8) is 0 Å². The minimum absolute atomic E-state index is 0.0956. The Hall–Kier alpha value is -3.50.